The second-order valence-electron chi connectivity index (χ2n) is 5.96. The molecule has 23 heavy (non-hydrogen) atoms. The Hall–Kier alpha value is -2.37. The Bertz CT molecular complexity index is 847. The Morgan fingerprint density at radius 2 is 1.70 bits per heavy atom. The topological polar surface area (TPSA) is 24.1 Å². The number of rotatable bonds is 6. The predicted octanol–water partition coefficient (Wildman–Crippen LogP) is 3.84. The minimum atomic E-state index is -0.593. The molecule has 1 aromatic heterocycles. The molecule has 0 bridgehead atoms. The summed E-state index contributed by atoms with van der Waals surface area (Å²) < 4.78 is 2.34. The molecule has 0 fully saturated rings. The van der Waals surface area contributed by atoms with Crippen molar-refractivity contribution in [3.05, 3.63) is 54.7 Å². The van der Waals surface area contributed by atoms with Crippen LogP contribution in [0.3, 0.4) is 0 Å². The Morgan fingerprint density at radius 1 is 0.957 bits per heavy atom. The zero-order chi connectivity index (χ0) is 16.1. The van der Waals surface area contributed by atoms with Crippen molar-refractivity contribution in [2.45, 2.75) is 38.3 Å². The molecule has 1 heterocycles. The van der Waals surface area contributed by atoms with E-state index in [4.69, 9.17) is 6.42 Å². The van der Waals surface area contributed by atoms with Crippen LogP contribution in [0.2, 0.25) is 0 Å². The summed E-state index contributed by atoms with van der Waals surface area (Å²) >= 11 is 0. The van der Waals surface area contributed by atoms with Crippen LogP contribution in [-0.2, 0) is 6.54 Å². The normalized spacial score (nSPS) is 12.3. The minimum Gasteiger partial charge on any atom is -0.380 e. The SMILES string of the molecule is C#CC(O)CCCCC[n+]1cc2ccccc2c2ccccc21. The second-order valence-corrected chi connectivity index (χ2v) is 5.96. The molecule has 0 saturated carbocycles. The molecule has 0 radical (unpaired) electrons. The predicted molar refractivity (Wildman–Crippen MR) is 95.0 cm³/mol. The number of hydrogen-bond donors (Lipinski definition) is 1. The van der Waals surface area contributed by atoms with Gasteiger partial charge in [-0.2, -0.15) is 4.57 Å². The van der Waals surface area contributed by atoms with Crippen LogP contribution >= 0.6 is 0 Å². The van der Waals surface area contributed by atoms with Gasteiger partial charge in [0, 0.05) is 23.3 Å². The lowest BCUT2D eigenvalue weighted by Gasteiger charge is -2.06. The van der Waals surface area contributed by atoms with Gasteiger partial charge in [-0.1, -0.05) is 36.3 Å². The van der Waals surface area contributed by atoms with Crippen molar-refractivity contribution in [3.8, 4) is 12.3 Å². The van der Waals surface area contributed by atoms with Gasteiger partial charge in [0.15, 0.2) is 6.20 Å². The lowest BCUT2D eigenvalue weighted by Crippen LogP contribution is -2.34. The molecule has 0 saturated heterocycles. The molecule has 3 aromatic rings. The first-order valence-electron chi connectivity index (χ1n) is 8.24. The van der Waals surface area contributed by atoms with Crippen LogP contribution in [0.25, 0.3) is 21.7 Å². The molecule has 1 N–H and O–H groups in total. The number of pyridine rings is 1. The number of aryl methyl sites for hydroxylation is 1. The van der Waals surface area contributed by atoms with Gasteiger partial charge in [0.1, 0.15) is 12.6 Å². The molecule has 0 amide bonds. The van der Waals surface area contributed by atoms with Crippen LogP contribution in [-0.4, -0.2) is 11.2 Å². The summed E-state index contributed by atoms with van der Waals surface area (Å²) in [6.45, 7) is 0.984. The van der Waals surface area contributed by atoms with E-state index in [-0.39, 0.29) is 0 Å². The van der Waals surface area contributed by atoms with Gasteiger partial charge in [0.05, 0.1) is 5.39 Å². The van der Waals surface area contributed by atoms with E-state index in [0.29, 0.717) is 6.42 Å². The number of fused-ring (bicyclic) bond motifs is 3. The molecule has 2 nitrogen and oxygen atoms in total. The first-order valence-corrected chi connectivity index (χ1v) is 8.24. The molecule has 0 aliphatic heterocycles. The summed E-state index contributed by atoms with van der Waals surface area (Å²) in [7, 11) is 0. The van der Waals surface area contributed by atoms with E-state index in [2.05, 4.69) is 65.2 Å². The highest BCUT2D eigenvalue weighted by molar-refractivity contribution is 6.03. The maximum Gasteiger partial charge on any atom is 0.213 e. The van der Waals surface area contributed by atoms with Gasteiger partial charge in [0.25, 0.3) is 0 Å². The lowest BCUT2D eigenvalue weighted by atomic mass is 10.1. The Labute approximate surface area is 137 Å². The zero-order valence-electron chi connectivity index (χ0n) is 13.3. The molecule has 0 aliphatic carbocycles. The highest BCUT2D eigenvalue weighted by Gasteiger charge is 2.12. The van der Waals surface area contributed by atoms with Crippen molar-refractivity contribution in [2.75, 3.05) is 0 Å². The van der Waals surface area contributed by atoms with Crippen LogP contribution in [0.4, 0.5) is 0 Å². The summed E-state index contributed by atoms with van der Waals surface area (Å²) in [5, 5.41) is 13.3. The number of aliphatic hydroxyl groups excluding tert-OH is 1. The molecule has 2 aromatic carbocycles. The van der Waals surface area contributed by atoms with E-state index >= 15 is 0 Å². The number of unbranched alkanes of at least 4 members (excludes halogenated alkanes) is 2. The molecule has 0 aliphatic rings. The van der Waals surface area contributed by atoms with E-state index in [1.54, 1.807) is 0 Å². The van der Waals surface area contributed by atoms with Gasteiger partial charge in [-0.15, -0.1) is 6.42 Å². The van der Waals surface area contributed by atoms with Crippen LogP contribution < -0.4 is 4.57 Å². The van der Waals surface area contributed by atoms with Crippen molar-refractivity contribution in [1.29, 1.82) is 0 Å². The number of hydrogen-bond acceptors (Lipinski definition) is 1. The van der Waals surface area contributed by atoms with Crippen LogP contribution in [0.1, 0.15) is 25.7 Å². The van der Waals surface area contributed by atoms with Gasteiger partial charge < -0.3 is 5.11 Å². The van der Waals surface area contributed by atoms with Crippen LogP contribution in [0.5, 0.6) is 0 Å². The summed E-state index contributed by atoms with van der Waals surface area (Å²) in [5.41, 5.74) is 1.27. The first-order chi connectivity index (χ1) is 11.3. The first kappa shape index (κ1) is 15.5. The van der Waals surface area contributed by atoms with E-state index < -0.39 is 6.10 Å². The van der Waals surface area contributed by atoms with Gasteiger partial charge in [-0.3, -0.25) is 0 Å². The van der Waals surface area contributed by atoms with Crippen molar-refractivity contribution in [3.63, 3.8) is 0 Å². The fraction of sp³-hybridized carbons (Fsp3) is 0.286. The van der Waals surface area contributed by atoms with E-state index in [1.807, 2.05) is 0 Å². The third-order valence-electron chi connectivity index (χ3n) is 4.33. The number of para-hydroxylation sites is 1. The highest BCUT2D eigenvalue weighted by Crippen LogP contribution is 2.22. The van der Waals surface area contributed by atoms with Gasteiger partial charge in [0.2, 0.25) is 5.52 Å². The molecular weight excluding hydrogens is 282 g/mol. The standard InChI is InChI=1S/C21H22NO/c1-2-18(23)11-4-3-9-15-22-16-17-10-5-6-12-19(17)20-13-7-8-14-21(20)22/h1,5-8,10,12-14,16,18,23H,3-4,9,11,15H2/q+1. The highest BCUT2D eigenvalue weighted by atomic mass is 16.3. The summed E-state index contributed by atoms with van der Waals surface area (Å²) in [5.74, 6) is 2.37. The van der Waals surface area contributed by atoms with Crippen LogP contribution in [0, 0.1) is 12.3 Å². The van der Waals surface area contributed by atoms with Gasteiger partial charge >= 0.3 is 0 Å². The number of terminal acetylenes is 1. The summed E-state index contributed by atoms with van der Waals surface area (Å²) in [4.78, 5) is 0. The fourth-order valence-corrected chi connectivity index (χ4v) is 3.11. The Kier molecular flexibility index (Phi) is 4.90. The molecule has 3 rings (SSSR count). The summed E-state index contributed by atoms with van der Waals surface area (Å²) in [6.07, 6.45) is 10.7. The van der Waals surface area contributed by atoms with E-state index in [9.17, 15) is 5.11 Å². The average molecular weight is 304 g/mol. The molecule has 2 heteroatoms. The maximum absolute atomic E-state index is 9.39. The number of aliphatic hydroxyl groups is 1. The number of benzene rings is 2. The molecule has 116 valence electrons. The molecule has 1 unspecified atom stereocenters. The van der Waals surface area contributed by atoms with E-state index in [0.717, 1.165) is 25.8 Å². The van der Waals surface area contributed by atoms with Gasteiger partial charge in [-0.25, -0.2) is 0 Å². The minimum absolute atomic E-state index is 0.593. The average Bonchev–Trinajstić information content (AvgIpc) is 2.61. The number of nitrogens with zero attached hydrogens (tertiary/aromatic N) is 1. The van der Waals surface area contributed by atoms with Crippen molar-refractivity contribution in [2.24, 2.45) is 0 Å². The van der Waals surface area contributed by atoms with Crippen LogP contribution in [0.15, 0.2) is 54.7 Å². The van der Waals surface area contributed by atoms with E-state index in [1.165, 1.54) is 21.7 Å². The second kappa shape index (κ2) is 7.26. The number of aromatic nitrogens is 1. The largest absolute Gasteiger partial charge is 0.380 e. The van der Waals surface area contributed by atoms with Crippen molar-refractivity contribution < 1.29 is 9.67 Å². The fourth-order valence-electron chi connectivity index (χ4n) is 3.11. The smallest absolute Gasteiger partial charge is 0.213 e. The molecular formula is C21H22NO+. The summed E-state index contributed by atoms with van der Waals surface area (Å²) in [6, 6.07) is 17.1. The quantitative estimate of drug-likeness (QED) is 0.318. The third-order valence-corrected chi connectivity index (χ3v) is 4.33. The molecule has 1 atom stereocenters. The monoisotopic (exact) mass is 304 g/mol. The molecule has 0 spiro atoms. The van der Waals surface area contributed by atoms with Gasteiger partial charge in [-0.05, 0) is 31.4 Å². The lowest BCUT2D eigenvalue weighted by molar-refractivity contribution is -0.670. The van der Waals surface area contributed by atoms with Crippen molar-refractivity contribution in [1.82, 2.24) is 0 Å². The Balaban J connectivity index is 1.78. The Morgan fingerprint density at radius 3 is 2.52 bits per heavy atom. The third kappa shape index (κ3) is 3.52. The maximum atomic E-state index is 9.39. The zero-order valence-corrected chi connectivity index (χ0v) is 13.3. The van der Waals surface area contributed by atoms with Crippen molar-refractivity contribution >= 4 is 21.7 Å².